The van der Waals surface area contributed by atoms with Crippen molar-refractivity contribution in [1.82, 2.24) is 24.9 Å². The standard InChI is InChI=1S/C8H7N5O3/c14-5(15)4-10-7(16)6-11-8-9-2-1-3-13(8)12-6/h1-3H,4H2,(H,10,16)(H,14,15). The summed E-state index contributed by atoms with van der Waals surface area (Å²) >= 11 is 0. The van der Waals surface area contributed by atoms with Gasteiger partial charge >= 0.3 is 5.97 Å². The summed E-state index contributed by atoms with van der Waals surface area (Å²) in [5.41, 5.74) is 0. The van der Waals surface area contributed by atoms with Crippen LogP contribution in [0.25, 0.3) is 5.78 Å². The first-order valence-corrected chi connectivity index (χ1v) is 4.34. The summed E-state index contributed by atoms with van der Waals surface area (Å²) in [4.78, 5) is 29.3. The average Bonchev–Trinajstić information content (AvgIpc) is 2.69. The number of rotatable bonds is 3. The molecule has 0 bridgehead atoms. The Kier molecular flexibility index (Phi) is 2.46. The Bertz CT molecular complexity index is 516. The summed E-state index contributed by atoms with van der Waals surface area (Å²) in [7, 11) is 0. The van der Waals surface area contributed by atoms with E-state index in [9.17, 15) is 9.59 Å². The van der Waals surface area contributed by atoms with Gasteiger partial charge in [-0.15, -0.1) is 5.10 Å². The Morgan fingerprint density at radius 1 is 1.50 bits per heavy atom. The number of amides is 1. The first-order chi connectivity index (χ1) is 7.66. The molecule has 82 valence electrons. The number of aliphatic carboxylic acids is 1. The largest absolute Gasteiger partial charge is 0.480 e. The fraction of sp³-hybridized carbons (Fsp3) is 0.125. The molecule has 2 N–H and O–H groups in total. The van der Waals surface area contributed by atoms with Gasteiger partial charge in [0, 0.05) is 12.4 Å². The van der Waals surface area contributed by atoms with Gasteiger partial charge in [0.05, 0.1) is 0 Å². The Morgan fingerprint density at radius 3 is 3.00 bits per heavy atom. The van der Waals surface area contributed by atoms with Gasteiger partial charge < -0.3 is 10.4 Å². The van der Waals surface area contributed by atoms with Crippen molar-refractivity contribution in [2.75, 3.05) is 6.54 Å². The molecule has 0 unspecified atom stereocenters. The Balaban J connectivity index is 2.20. The van der Waals surface area contributed by atoms with Crippen molar-refractivity contribution >= 4 is 17.7 Å². The third-order valence-corrected chi connectivity index (χ3v) is 1.72. The van der Waals surface area contributed by atoms with Crippen LogP contribution >= 0.6 is 0 Å². The van der Waals surface area contributed by atoms with E-state index < -0.39 is 18.4 Å². The number of carboxylic acid groups (broad SMARTS) is 1. The monoisotopic (exact) mass is 221 g/mol. The molecular weight excluding hydrogens is 214 g/mol. The first-order valence-electron chi connectivity index (χ1n) is 4.34. The highest BCUT2D eigenvalue weighted by Gasteiger charge is 2.13. The van der Waals surface area contributed by atoms with E-state index in [-0.39, 0.29) is 11.6 Å². The lowest BCUT2D eigenvalue weighted by Crippen LogP contribution is -2.30. The highest BCUT2D eigenvalue weighted by atomic mass is 16.4. The molecule has 0 aromatic carbocycles. The number of fused-ring (bicyclic) bond motifs is 1. The molecule has 0 aliphatic heterocycles. The number of nitrogens with zero attached hydrogens (tertiary/aromatic N) is 4. The molecule has 0 saturated carbocycles. The second-order valence-electron chi connectivity index (χ2n) is 2.88. The predicted molar refractivity (Wildman–Crippen MR) is 50.8 cm³/mol. The maximum Gasteiger partial charge on any atom is 0.322 e. The average molecular weight is 221 g/mol. The smallest absolute Gasteiger partial charge is 0.322 e. The van der Waals surface area contributed by atoms with Crippen LogP contribution in [0.4, 0.5) is 0 Å². The Labute approximate surface area is 88.9 Å². The van der Waals surface area contributed by atoms with Crippen molar-refractivity contribution < 1.29 is 14.7 Å². The minimum atomic E-state index is -1.13. The van der Waals surface area contributed by atoms with E-state index >= 15 is 0 Å². The number of nitrogens with one attached hydrogen (secondary N) is 1. The molecule has 0 aliphatic carbocycles. The molecule has 2 heterocycles. The molecule has 0 radical (unpaired) electrons. The molecule has 1 amide bonds. The zero-order valence-corrected chi connectivity index (χ0v) is 7.99. The molecular formula is C8H7N5O3. The minimum absolute atomic E-state index is 0.111. The number of carbonyl (C=O) groups excluding carboxylic acids is 1. The lowest BCUT2D eigenvalue weighted by molar-refractivity contribution is -0.135. The maximum absolute atomic E-state index is 11.4. The van der Waals surface area contributed by atoms with Gasteiger partial charge in [-0.25, -0.2) is 9.50 Å². The van der Waals surface area contributed by atoms with Crippen LogP contribution in [0.1, 0.15) is 10.6 Å². The van der Waals surface area contributed by atoms with Crippen molar-refractivity contribution in [3.05, 3.63) is 24.3 Å². The van der Waals surface area contributed by atoms with E-state index in [1.54, 1.807) is 12.3 Å². The normalized spacial score (nSPS) is 10.2. The van der Waals surface area contributed by atoms with Crippen LogP contribution in [-0.4, -0.2) is 43.1 Å². The van der Waals surface area contributed by atoms with Crippen LogP contribution in [0.15, 0.2) is 18.5 Å². The summed E-state index contributed by atoms with van der Waals surface area (Å²) in [5.74, 6) is -1.61. The highest BCUT2D eigenvalue weighted by molar-refractivity contribution is 5.92. The van der Waals surface area contributed by atoms with Crippen molar-refractivity contribution in [2.45, 2.75) is 0 Å². The number of hydrogen-bond donors (Lipinski definition) is 2. The number of carbonyl (C=O) groups is 2. The summed E-state index contributed by atoms with van der Waals surface area (Å²) in [6.07, 6.45) is 3.10. The van der Waals surface area contributed by atoms with Crippen LogP contribution in [0.3, 0.4) is 0 Å². The van der Waals surface area contributed by atoms with Crippen LogP contribution < -0.4 is 5.32 Å². The lowest BCUT2D eigenvalue weighted by atomic mass is 10.5. The van der Waals surface area contributed by atoms with Crippen LogP contribution in [0.2, 0.25) is 0 Å². The summed E-state index contributed by atoms with van der Waals surface area (Å²) < 4.78 is 1.33. The maximum atomic E-state index is 11.4. The summed E-state index contributed by atoms with van der Waals surface area (Å²) in [5, 5.41) is 14.4. The second-order valence-corrected chi connectivity index (χ2v) is 2.88. The molecule has 0 spiro atoms. The van der Waals surface area contributed by atoms with Gasteiger partial charge in [0.25, 0.3) is 11.7 Å². The number of carboxylic acids is 1. The van der Waals surface area contributed by atoms with Gasteiger partial charge in [-0.3, -0.25) is 9.59 Å². The third-order valence-electron chi connectivity index (χ3n) is 1.72. The first kappa shape index (κ1) is 10.0. The Morgan fingerprint density at radius 2 is 2.31 bits per heavy atom. The molecule has 8 nitrogen and oxygen atoms in total. The zero-order valence-electron chi connectivity index (χ0n) is 7.99. The molecule has 0 atom stereocenters. The van der Waals surface area contributed by atoms with Gasteiger partial charge in [0.15, 0.2) is 0 Å². The zero-order chi connectivity index (χ0) is 11.5. The highest BCUT2D eigenvalue weighted by Crippen LogP contribution is 1.96. The fourth-order valence-corrected chi connectivity index (χ4v) is 1.06. The molecule has 0 aliphatic rings. The quantitative estimate of drug-likeness (QED) is 0.683. The van der Waals surface area contributed by atoms with Gasteiger partial charge in [-0.2, -0.15) is 4.98 Å². The SMILES string of the molecule is O=C(O)CNC(=O)c1nc2ncccn2n1. The van der Waals surface area contributed by atoms with E-state index in [1.165, 1.54) is 10.7 Å². The lowest BCUT2D eigenvalue weighted by Gasteiger charge is -1.95. The second kappa shape index (κ2) is 3.93. The van der Waals surface area contributed by atoms with E-state index in [1.807, 2.05) is 0 Å². The van der Waals surface area contributed by atoms with Gasteiger partial charge in [0.2, 0.25) is 5.82 Å². The molecule has 0 fully saturated rings. The van der Waals surface area contributed by atoms with E-state index in [0.29, 0.717) is 0 Å². The topological polar surface area (TPSA) is 109 Å². The van der Waals surface area contributed by atoms with Gasteiger partial charge in [0.1, 0.15) is 6.54 Å². The van der Waals surface area contributed by atoms with Crippen molar-refractivity contribution in [3.63, 3.8) is 0 Å². The number of hydrogen-bond acceptors (Lipinski definition) is 5. The van der Waals surface area contributed by atoms with Gasteiger partial charge in [-0.1, -0.05) is 0 Å². The fourth-order valence-electron chi connectivity index (χ4n) is 1.06. The summed E-state index contributed by atoms with van der Waals surface area (Å²) in [6, 6.07) is 1.64. The molecule has 2 aromatic rings. The summed E-state index contributed by atoms with van der Waals surface area (Å²) in [6.45, 7) is -0.470. The van der Waals surface area contributed by atoms with Crippen LogP contribution in [0.5, 0.6) is 0 Å². The van der Waals surface area contributed by atoms with Gasteiger partial charge in [-0.05, 0) is 6.07 Å². The van der Waals surface area contributed by atoms with E-state index in [0.717, 1.165) is 0 Å². The predicted octanol–water partition coefficient (Wildman–Crippen LogP) is -1.06. The molecule has 0 saturated heterocycles. The van der Waals surface area contributed by atoms with Crippen molar-refractivity contribution in [1.29, 1.82) is 0 Å². The molecule has 16 heavy (non-hydrogen) atoms. The molecule has 2 rings (SSSR count). The number of aromatic nitrogens is 4. The Hall–Kier alpha value is -2.51. The van der Waals surface area contributed by atoms with Crippen LogP contribution in [0, 0.1) is 0 Å². The minimum Gasteiger partial charge on any atom is -0.480 e. The molecule has 8 heteroatoms. The molecule has 2 aromatic heterocycles. The van der Waals surface area contributed by atoms with Crippen LogP contribution in [-0.2, 0) is 4.79 Å². The van der Waals surface area contributed by atoms with E-state index in [4.69, 9.17) is 5.11 Å². The van der Waals surface area contributed by atoms with Crippen molar-refractivity contribution in [3.8, 4) is 0 Å². The van der Waals surface area contributed by atoms with Crippen molar-refractivity contribution in [2.24, 2.45) is 0 Å². The van der Waals surface area contributed by atoms with E-state index in [2.05, 4.69) is 20.4 Å². The third kappa shape index (κ3) is 1.95.